The third kappa shape index (κ3) is 2.38. The molecule has 0 aliphatic rings. The maximum absolute atomic E-state index is 13.4. The van der Waals surface area contributed by atoms with Crippen LogP contribution in [-0.2, 0) is 5.67 Å². The van der Waals surface area contributed by atoms with Gasteiger partial charge in [0.2, 0.25) is 0 Å². The molecule has 0 unspecified atom stereocenters. The molecule has 0 saturated heterocycles. The molecule has 1 rings (SSSR count). The van der Waals surface area contributed by atoms with Gasteiger partial charge in [0, 0.05) is 22.4 Å². The predicted molar refractivity (Wildman–Crippen MR) is 46.8 cm³/mol. The van der Waals surface area contributed by atoms with Gasteiger partial charge >= 0.3 is 18.0 Å². The van der Waals surface area contributed by atoms with Crippen molar-refractivity contribution in [3.05, 3.63) is 28.5 Å². The van der Waals surface area contributed by atoms with Crippen molar-refractivity contribution >= 4 is 15.9 Å². The van der Waals surface area contributed by atoms with Crippen LogP contribution in [0.2, 0.25) is 0 Å². The summed E-state index contributed by atoms with van der Waals surface area (Å²) in [6, 6.07) is 0.383. The van der Waals surface area contributed by atoms with Crippen molar-refractivity contribution in [2.24, 2.45) is 0 Å². The van der Waals surface area contributed by atoms with Crippen LogP contribution in [0.4, 0.5) is 30.7 Å². The lowest BCUT2D eigenvalue weighted by atomic mass is 9.96. The molecule has 0 bridgehead atoms. The maximum atomic E-state index is 13.4. The number of aromatic nitrogens is 1. The van der Waals surface area contributed by atoms with Crippen molar-refractivity contribution < 1.29 is 30.7 Å². The van der Waals surface area contributed by atoms with Gasteiger partial charge in [-0.2, -0.15) is 26.3 Å². The number of halogens is 8. The minimum Gasteiger partial charge on any atom is -0.263 e. The van der Waals surface area contributed by atoms with E-state index in [2.05, 4.69) is 20.9 Å². The van der Waals surface area contributed by atoms with E-state index in [1.165, 1.54) is 0 Å². The summed E-state index contributed by atoms with van der Waals surface area (Å²) in [6.07, 6.45) is -11.1. The van der Waals surface area contributed by atoms with Crippen LogP contribution < -0.4 is 0 Å². The van der Waals surface area contributed by atoms with E-state index in [-0.39, 0.29) is 10.7 Å². The van der Waals surface area contributed by atoms with Gasteiger partial charge in [-0.3, -0.25) is 4.98 Å². The largest absolute Gasteiger partial charge is 0.436 e. The van der Waals surface area contributed by atoms with Crippen molar-refractivity contribution in [3.8, 4) is 0 Å². The average molecular weight is 326 g/mol. The van der Waals surface area contributed by atoms with E-state index in [9.17, 15) is 30.7 Å². The number of rotatable bonds is 1. The minimum absolute atomic E-state index is 0.186. The summed E-state index contributed by atoms with van der Waals surface area (Å²) >= 11 is 2.62. The Morgan fingerprint density at radius 2 is 1.35 bits per heavy atom. The molecule has 1 aromatic rings. The molecule has 9 heteroatoms. The summed E-state index contributed by atoms with van der Waals surface area (Å²) in [5.41, 5.74) is -7.05. The zero-order valence-electron chi connectivity index (χ0n) is 7.70. The lowest BCUT2D eigenvalue weighted by molar-refractivity contribution is -0.348. The van der Waals surface area contributed by atoms with Gasteiger partial charge in [-0.25, -0.2) is 4.39 Å². The second kappa shape index (κ2) is 4.11. The average Bonchev–Trinajstić information content (AvgIpc) is 2.12. The van der Waals surface area contributed by atoms with Crippen LogP contribution >= 0.6 is 15.9 Å². The van der Waals surface area contributed by atoms with Gasteiger partial charge in [0.25, 0.3) is 0 Å². The fourth-order valence-corrected chi connectivity index (χ4v) is 1.45. The minimum atomic E-state index is -6.12. The van der Waals surface area contributed by atoms with Crippen LogP contribution in [0.5, 0.6) is 0 Å². The normalized spacial score (nSPS) is 13.9. The first kappa shape index (κ1) is 14.2. The van der Waals surface area contributed by atoms with Crippen LogP contribution in [0.25, 0.3) is 0 Å². The van der Waals surface area contributed by atoms with E-state index < -0.39 is 23.6 Å². The van der Waals surface area contributed by atoms with Gasteiger partial charge in [0.05, 0.1) is 0 Å². The highest BCUT2D eigenvalue weighted by atomic mass is 79.9. The highest BCUT2D eigenvalue weighted by Gasteiger charge is 2.73. The molecule has 1 heterocycles. The van der Waals surface area contributed by atoms with E-state index >= 15 is 0 Å². The topological polar surface area (TPSA) is 12.9 Å². The van der Waals surface area contributed by atoms with Crippen LogP contribution in [-0.4, -0.2) is 17.3 Å². The van der Waals surface area contributed by atoms with Gasteiger partial charge < -0.3 is 0 Å². The van der Waals surface area contributed by atoms with Gasteiger partial charge in [-0.05, 0) is 22.0 Å². The Hall–Kier alpha value is -0.860. The van der Waals surface area contributed by atoms with Crippen molar-refractivity contribution in [1.29, 1.82) is 0 Å². The number of hydrogen-bond acceptors (Lipinski definition) is 1. The van der Waals surface area contributed by atoms with Gasteiger partial charge in [0.15, 0.2) is 0 Å². The number of nitrogens with zero attached hydrogens (tertiary/aromatic N) is 1. The fourth-order valence-electron chi connectivity index (χ4n) is 1.09. The Labute approximate surface area is 98.8 Å². The highest BCUT2D eigenvalue weighted by molar-refractivity contribution is 9.10. The summed E-state index contributed by atoms with van der Waals surface area (Å²) in [6.45, 7) is 0. The molecule has 0 fully saturated rings. The molecular weight excluding hydrogens is 323 g/mol. The highest BCUT2D eigenvalue weighted by Crippen LogP contribution is 2.53. The summed E-state index contributed by atoms with van der Waals surface area (Å²) in [7, 11) is 0. The zero-order chi connectivity index (χ0) is 13.5. The molecule has 1 aromatic heterocycles. The molecule has 17 heavy (non-hydrogen) atoms. The molecule has 0 spiro atoms. The fraction of sp³-hybridized carbons (Fsp3) is 0.375. The van der Waals surface area contributed by atoms with Crippen molar-refractivity contribution in [2.45, 2.75) is 18.0 Å². The summed E-state index contributed by atoms with van der Waals surface area (Å²) in [5, 5.41) is 0. The quantitative estimate of drug-likeness (QED) is 0.707. The molecule has 0 amide bonds. The zero-order valence-corrected chi connectivity index (χ0v) is 9.29. The first-order valence-corrected chi connectivity index (χ1v) is 4.73. The van der Waals surface area contributed by atoms with E-state index in [0.29, 0.717) is 6.07 Å². The van der Waals surface area contributed by atoms with E-state index in [1.54, 1.807) is 0 Å². The molecular formula is C8H3BrF7N. The lowest BCUT2D eigenvalue weighted by Gasteiger charge is -2.29. The molecule has 0 aliphatic carbocycles. The molecule has 0 radical (unpaired) electrons. The van der Waals surface area contributed by atoms with Crippen LogP contribution in [0.15, 0.2) is 22.9 Å². The Balaban J connectivity index is 3.46. The number of hydrogen-bond donors (Lipinski definition) is 0. The summed E-state index contributed by atoms with van der Waals surface area (Å²) in [4.78, 5) is 3.09. The number of alkyl halides is 7. The molecule has 0 aliphatic heterocycles. The monoisotopic (exact) mass is 325 g/mol. The van der Waals surface area contributed by atoms with E-state index in [1.807, 2.05) is 0 Å². The lowest BCUT2D eigenvalue weighted by Crippen LogP contribution is -2.50. The first-order chi connectivity index (χ1) is 7.50. The van der Waals surface area contributed by atoms with Gasteiger partial charge in [-0.1, -0.05) is 0 Å². The van der Waals surface area contributed by atoms with Gasteiger partial charge in [0.1, 0.15) is 0 Å². The molecule has 0 saturated carbocycles. The predicted octanol–water partition coefficient (Wildman–Crippen LogP) is 4.13. The van der Waals surface area contributed by atoms with Crippen molar-refractivity contribution in [1.82, 2.24) is 4.98 Å². The molecule has 1 nitrogen and oxygen atoms in total. The molecule has 96 valence electrons. The van der Waals surface area contributed by atoms with Crippen molar-refractivity contribution in [2.75, 3.05) is 0 Å². The van der Waals surface area contributed by atoms with Crippen LogP contribution in [0.3, 0.4) is 0 Å². The Bertz CT molecular complexity index is 397. The standard InChI is InChI=1S/C8H3BrF7N/c9-5-1-4(2-17-3-5)6(10,7(11,12)13)8(14,15)16/h1-3H. The Morgan fingerprint density at radius 3 is 1.71 bits per heavy atom. The third-order valence-corrected chi connectivity index (χ3v) is 2.32. The molecule has 0 N–H and O–H groups in total. The third-order valence-electron chi connectivity index (χ3n) is 1.88. The van der Waals surface area contributed by atoms with E-state index in [4.69, 9.17) is 0 Å². The maximum Gasteiger partial charge on any atom is 0.436 e. The Kier molecular flexibility index (Phi) is 3.43. The van der Waals surface area contributed by atoms with Crippen LogP contribution in [0.1, 0.15) is 5.56 Å². The number of pyridine rings is 1. The van der Waals surface area contributed by atoms with Gasteiger partial charge in [-0.15, -0.1) is 0 Å². The van der Waals surface area contributed by atoms with E-state index in [0.717, 1.165) is 6.20 Å². The Morgan fingerprint density at radius 1 is 0.882 bits per heavy atom. The summed E-state index contributed by atoms with van der Waals surface area (Å²) in [5.74, 6) is 0. The van der Waals surface area contributed by atoms with Crippen molar-refractivity contribution in [3.63, 3.8) is 0 Å². The summed E-state index contributed by atoms with van der Waals surface area (Å²) < 4.78 is 86.9. The SMILES string of the molecule is FC(F)(F)C(F)(c1cncc(Br)c1)C(F)(F)F. The smallest absolute Gasteiger partial charge is 0.263 e. The van der Waals surface area contributed by atoms with Crippen LogP contribution in [0, 0.1) is 0 Å². The second-order valence-corrected chi connectivity index (χ2v) is 3.96. The molecule has 0 aromatic carbocycles. The first-order valence-electron chi connectivity index (χ1n) is 3.93. The molecule has 0 atom stereocenters. The second-order valence-electron chi connectivity index (χ2n) is 3.05.